The molecule has 40 heavy (non-hydrogen) atoms. The van der Waals surface area contributed by atoms with Crippen LogP contribution >= 0.6 is 0 Å². The van der Waals surface area contributed by atoms with Crippen molar-refractivity contribution >= 4 is 55.0 Å². The largest absolute Gasteiger partial charge is 0.355 e. The molecule has 0 atom stereocenters. The lowest BCUT2D eigenvalue weighted by Crippen LogP contribution is -1.94. The Hall–Kier alpha value is -5.48. The quantitative estimate of drug-likeness (QED) is 0.247. The molecule has 0 aliphatic rings. The molecule has 4 heteroatoms. The standard InChI is InChI=1S/C36H24N4/c1-2-10-24(11-3-1)29-20-34-30(21-33(29)38-26-18-17-23-9-4-5-12-25(23)19-26)27-13-8-14-28(36(27)40-34)35-22-37-31-15-6-7-16-32(31)39-35/h1-22,38,40H. The minimum absolute atomic E-state index is 0.855. The van der Waals surface area contributed by atoms with Crippen molar-refractivity contribution in [3.63, 3.8) is 0 Å². The third-order valence-corrected chi connectivity index (χ3v) is 7.61. The van der Waals surface area contributed by atoms with Crippen molar-refractivity contribution in [3.05, 3.63) is 134 Å². The topological polar surface area (TPSA) is 53.6 Å². The highest BCUT2D eigenvalue weighted by atomic mass is 14.9. The normalized spacial score (nSPS) is 11.5. The predicted octanol–water partition coefficient (Wildman–Crippen LogP) is 9.50. The second-order valence-electron chi connectivity index (χ2n) is 10.1. The molecule has 0 radical (unpaired) electrons. The zero-order chi connectivity index (χ0) is 26.5. The Bertz CT molecular complexity index is 2200. The first-order valence-corrected chi connectivity index (χ1v) is 13.4. The van der Waals surface area contributed by atoms with Crippen molar-refractivity contribution in [3.8, 4) is 22.4 Å². The lowest BCUT2D eigenvalue weighted by Gasteiger charge is -2.14. The number of anilines is 2. The first kappa shape index (κ1) is 22.5. The van der Waals surface area contributed by atoms with Crippen LogP contribution < -0.4 is 5.32 Å². The minimum Gasteiger partial charge on any atom is -0.355 e. The van der Waals surface area contributed by atoms with E-state index in [9.17, 15) is 0 Å². The summed E-state index contributed by atoms with van der Waals surface area (Å²) in [4.78, 5) is 13.3. The summed E-state index contributed by atoms with van der Waals surface area (Å²) in [6, 6.07) is 44.4. The number of aromatic amines is 1. The summed E-state index contributed by atoms with van der Waals surface area (Å²) in [6.45, 7) is 0. The van der Waals surface area contributed by atoms with Gasteiger partial charge in [-0.05, 0) is 52.7 Å². The molecule has 4 nitrogen and oxygen atoms in total. The van der Waals surface area contributed by atoms with Gasteiger partial charge in [0, 0.05) is 38.8 Å². The van der Waals surface area contributed by atoms with Crippen molar-refractivity contribution in [1.82, 2.24) is 15.0 Å². The number of hydrogen-bond donors (Lipinski definition) is 2. The van der Waals surface area contributed by atoms with E-state index in [0.29, 0.717) is 0 Å². The van der Waals surface area contributed by atoms with E-state index in [1.54, 1.807) is 0 Å². The van der Waals surface area contributed by atoms with E-state index in [-0.39, 0.29) is 0 Å². The molecule has 2 aromatic heterocycles. The van der Waals surface area contributed by atoms with Crippen LogP contribution in [0, 0.1) is 0 Å². The summed E-state index contributed by atoms with van der Waals surface area (Å²) >= 11 is 0. The fourth-order valence-electron chi connectivity index (χ4n) is 5.65. The molecule has 2 heterocycles. The molecular formula is C36H24N4. The molecule has 188 valence electrons. The monoisotopic (exact) mass is 512 g/mol. The summed E-state index contributed by atoms with van der Waals surface area (Å²) in [5, 5.41) is 8.50. The third-order valence-electron chi connectivity index (χ3n) is 7.61. The molecule has 0 saturated heterocycles. The molecule has 0 saturated carbocycles. The fourth-order valence-corrected chi connectivity index (χ4v) is 5.65. The predicted molar refractivity (Wildman–Crippen MR) is 167 cm³/mol. The van der Waals surface area contributed by atoms with E-state index in [2.05, 4.69) is 118 Å². The molecule has 6 aromatic carbocycles. The highest BCUT2D eigenvalue weighted by Gasteiger charge is 2.15. The Morgan fingerprint density at radius 2 is 1.38 bits per heavy atom. The number of rotatable bonds is 4. The molecule has 0 spiro atoms. The number of nitrogens with zero attached hydrogens (tertiary/aromatic N) is 2. The van der Waals surface area contributed by atoms with Crippen LogP contribution in [0.25, 0.3) is 66.0 Å². The van der Waals surface area contributed by atoms with E-state index in [1.807, 2.05) is 30.5 Å². The van der Waals surface area contributed by atoms with Crippen LogP contribution in [0.1, 0.15) is 0 Å². The number of hydrogen-bond acceptors (Lipinski definition) is 3. The lowest BCUT2D eigenvalue weighted by atomic mass is 10.00. The van der Waals surface area contributed by atoms with Crippen LogP contribution in [0.2, 0.25) is 0 Å². The van der Waals surface area contributed by atoms with Gasteiger partial charge in [-0.3, -0.25) is 4.98 Å². The maximum atomic E-state index is 4.93. The van der Waals surface area contributed by atoms with Crippen LogP contribution in [0.4, 0.5) is 11.4 Å². The van der Waals surface area contributed by atoms with Gasteiger partial charge in [0.2, 0.25) is 0 Å². The van der Waals surface area contributed by atoms with Gasteiger partial charge in [-0.15, -0.1) is 0 Å². The van der Waals surface area contributed by atoms with E-state index >= 15 is 0 Å². The number of fused-ring (bicyclic) bond motifs is 5. The Morgan fingerprint density at radius 1 is 0.575 bits per heavy atom. The summed E-state index contributed by atoms with van der Waals surface area (Å²) in [5.74, 6) is 0. The van der Waals surface area contributed by atoms with Gasteiger partial charge in [0.1, 0.15) is 0 Å². The molecule has 0 amide bonds. The second-order valence-corrected chi connectivity index (χ2v) is 10.1. The first-order valence-electron chi connectivity index (χ1n) is 13.4. The molecular weight excluding hydrogens is 488 g/mol. The van der Waals surface area contributed by atoms with E-state index in [1.165, 1.54) is 10.8 Å². The van der Waals surface area contributed by atoms with Crippen LogP contribution in [-0.2, 0) is 0 Å². The van der Waals surface area contributed by atoms with Crippen LogP contribution in [0.3, 0.4) is 0 Å². The van der Waals surface area contributed by atoms with Gasteiger partial charge < -0.3 is 10.3 Å². The maximum Gasteiger partial charge on any atom is 0.0914 e. The number of H-pyrrole nitrogens is 1. The van der Waals surface area contributed by atoms with Gasteiger partial charge in [-0.25, -0.2) is 4.98 Å². The molecule has 0 unspecified atom stereocenters. The van der Waals surface area contributed by atoms with Gasteiger partial charge in [0.25, 0.3) is 0 Å². The second kappa shape index (κ2) is 9.07. The molecule has 8 rings (SSSR count). The average Bonchev–Trinajstić information content (AvgIpc) is 3.38. The van der Waals surface area contributed by atoms with Gasteiger partial charge >= 0.3 is 0 Å². The zero-order valence-corrected chi connectivity index (χ0v) is 21.6. The third kappa shape index (κ3) is 3.77. The van der Waals surface area contributed by atoms with Gasteiger partial charge in [-0.1, -0.05) is 91.0 Å². The van der Waals surface area contributed by atoms with E-state index in [4.69, 9.17) is 4.98 Å². The van der Waals surface area contributed by atoms with Crippen molar-refractivity contribution in [2.75, 3.05) is 5.32 Å². The number of para-hydroxylation sites is 3. The van der Waals surface area contributed by atoms with E-state index in [0.717, 1.165) is 66.6 Å². The van der Waals surface area contributed by atoms with Crippen LogP contribution in [-0.4, -0.2) is 15.0 Å². The average molecular weight is 513 g/mol. The Labute approximate surface area is 231 Å². The van der Waals surface area contributed by atoms with E-state index < -0.39 is 0 Å². The summed E-state index contributed by atoms with van der Waals surface area (Å²) in [7, 11) is 0. The fraction of sp³-hybridized carbons (Fsp3) is 0. The van der Waals surface area contributed by atoms with Gasteiger partial charge in [0.05, 0.1) is 28.4 Å². The SMILES string of the molecule is c1ccc(-c2cc3[nH]c4c(-c5cnc6ccccc6n5)cccc4c3cc2Nc2ccc3ccccc3c2)cc1. The molecule has 2 N–H and O–H groups in total. The number of benzene rings is 6. The number of aromatic nitrogens is 3. The Kier molecular flexibility index (Phi) is 5.10. The maximum absolute atomic E-state index is 4.93. The summed E-state index contributed by atoms with van der Waals surface area (Å²) in [6.07, 6.45) is 1.87. The van der Waals surface area contributed by atoms with Gasteiger partial charge in [-0.2, -0.15) is 0 Å². The Balaban J connectivity index is 1.32. The first-order chi connectivity index (χ1) is 19.8. The highest BCUT2D eigenvalue weighted by molar-refractivity contribution is 6.14. The smallest absolute Gasteiger partial charge is 0.0914 e. The van der Waals surface area contributed by atoms with Crippen molar-refractivity contribution in [1.29, 1.82) is 0 Å². The summed E-state index contributed by atoms with van der Waals surface area (Å²) < 4.78 is 0. The summed E-state index contributed by atoms with van der Waals surface area (Å²) in [5.41, 5.74) is 10.2. The lowest BCUT2D eigenvalue weighted by molar-refractivity contribution is 1.29. The highest BCUT2D eigenvalue weighted by Crippen LogP contribution is 2.39. The molecule has 0 aliphatic carbocycles. The van der Waals surface area contributed by atoms with Crippen molar-refractivity contribution in [2.45, 2.75) is 0 Å². The van der Waals surface area contributed by atoms with Crippen molar-refractivity contribution in [2.24, 2.45) is 0 Å². The van der Waals surface area contributed by atoms with Crippen LogP contribution in [0.15, 0.2) is 134 Å². The molecule has 0 aliphatic heterocycles. The van der Waals surface area contributed by atoms with Gasteiger partial charge in [0.15, 0.2) is 0 Å². The molecule has 0 fully saturated rings. The minimum atomic E-state index is 0.855. The van der Waals surface area contributed by atoms with Crippen LogP contribution in [0.5, 0.6) is 0 Å². The number of nitrogens with one attached hydrogen (secondary N) is 2. The zero-order valence-electron chi connectivity index (χ0n) is 21.6. The molecule has 0 bridgehead atoms. The molecule has 8 aromatic rings. The Morgan fingerprint density at radius 3 is 2.27 bits per heavy atom. The van der Waals surface area contributed by atoms with Crippen molar-refractivity contribution < 1.29 is 0 Å².